The summed E-state index contributed by atoms with van der Waals surface area (Å²) in [6.07, 6.45) is 1.59. The lowest BCUT2D eigenvalue weighted by molar-refractivity contribution is 0.102. The van der Waals surface area contributed by atoms with Crippen molar-refractivity contribution in [3.8, 4) is 0 Å². The average molecular weight is 284 g/mol. The van der Waals surface area contributed by atoms with E-state index in [0.717, 1.165) is 5.69 Å². The monoisotopic (exact) mass is 283 g/mol. The fraction of sp³-hybridized carbons (Fsp3) is 0.167. The molecule has 0 saturated carbocycles. The highest BCUT2D eigenvalue weighted by Crippen LogP contribution is 2.22. The van der Waals surface area contributed by atoms with Crippen molar-refractivity contribution in [2.45, 2.75) is 6.92 Å². The highest BCUT2D eigenvalue weighted by Gasteiger charge is 2.13. The summed E-state index contributed by atoms with van der Waals surface area (Å²) in [6, 6.07) is 4.75. The highest BCUT2D eigenvalue weighted by atomic mass is 35.5. The number of benzene rings is 1. The van der Waals surface area contributed by atoms with Crippen molar-refractivity contribution in [1.29, 1.82) is 0 Å². The first-order valence-corrected chi connectivity index (χ1v) is 5.99. The van der Waals surface area contributed by atoms with E-state index in [2.05, 4.69) is 10.4 Å². The SMILES string of the molecule is Cc1c(NC(=O)c2ccc(Cl)cc2Cl)cnn1C. The smallest absolute Gasteiger partial charge is 0.257 e. The fourth-order valence-electron chi connectivity index (χ4n) is 1.48. The Morgan fingerprint density at radius 2 is 2.11 bits per heavy atom. The normalized spacial score (nSPS) is 10.4. The lowest BCUT2D eigenvalue weighted by Crippen LogP contribution is -2.13. The second kappa shape index (κ2) is 5.00. The van der Waals surface area contributed by atoms with Crippen LogP contribution in [0.3, 0.4) is 0 Å². The molecule has 4 nitrogen and oxygen atoms in total. The third kappa shape index (κ3) is 2.49. The van der Waals surface area contributed by atoms with Crippen LogP contribution in [0.4, 0.5) is 5.69 Å². The van der Waals surface area contributed by atoms with Gasteiger partial charge in [0.05, 0.1) is 28.2 Å². The van der Waals surface area contributed by atoms with Crippen LogP contribution in [0.1, 0.15) is 16.1 Å². The average Bonchev–Trinajstić information content (AvgIpc) is 2.61. The van der Waals surface area contributed by atoms with Crippen LogP contribution < -0.4 is 5.32 Å². The summed E-state index contributed by atoms with van der Waals surface area (Å²) in [4.78, 5) is 12.0. The number of anilines is 1. The van der Waals surface area contributed by atoms with Crippen molar-refractivity contribution >= 4 is 34.8 Å². The second-order valence-corrected chi connectivity index (χ2v) is 4.69. The maximum Gasteiger partial charge on any atom is 0.257 e. The van der Waals surface area contributed by atoms with E-state index in [1.165, 1.54) is 6.07 Å². The van der Waals surface area contributed by atoms with Crippen molar-refractivity contribution in [3.05, 3.63) is 45.7 Å². The first-order chi connectivity index (χ1) is 8.49. The number of amides is 1. The molecule has 0 aliphatic carbocycles. The van der Waals surface area contributed by atoms with Crippen LogP contribution in [0.5, 0.6) is 0 Å². The number of carbonyl (C=O) groups is 1. The minimum absolute atomic E-state index is 0.284. The van der Waals surface area contributed by atoms with Gasteiger partial charge in [-0.25, -0.2) is 0 Å². The van der Waals surface area contributed by atoms with E-state index in [9.17, 15) is 4.79 Å². The Morgan fingerprint density at radius 3 is 2.67 bits per heavy atom. The van der Waals surface area contributed by atoms with Crippen LogP contribution in [0.15, 0.2) is 24.4 Å². The summed E-state index contributed by atoms with van der Waals surface area (Å²) in [5, 5.41) is 7.62. The topological polar surface area (TPSA) is 46.9 Å². The molecule has 0 spiro atoms. The zero-order valence-corrected chi connectivity index (χ0v) is 11.4. The third-order valence-corrected chi connectivity index (χ3v) is 3.21. The first kappa shape index (κ1) is 12.9. The molecule has 18 heavy (non-hydrogen) atoms. The second-order valence-electron chi connectivity index (χ2n) is 3.85. The largest absolute Gasteiger partial charge is 0.319 e. The lowest BCUT2D eigenvalue weighted by atomic mass is 10.2. The minimum atomic E-state index is -0.284. The van der Waals surface area contributed by atoms with Crippen LogP contribution in [0.2, 0.25) is 10.0 Å². The van der Waals surface area contributed by atoms with E-state index in [-0.39, 0.29) is 5.91 Å². The number of hydrogen-bond donors (Lipinski definition) is 1. The van der Waals surface area contributed by atoms with Gasteiger partial charge in [0.1, 0.15) is 0 Å². The Hall–Kier alpha value is -1.52. The summed E-state index contributed by atoms with van der Waals surface area (Å²) in [6.45, 7) is 1.87. The van der Waals surface area contributed by atoms with E-state index in [1.54, 1.807) is 30.1 Å². The molecule has 0 fully saturated rings. The van der Waals surface area contributed by atoms with E-state index < -0.39 is 0 Å². The Morgan fingerprint density at radius 1 is 1.39 bits per heavy atom. The molecular formula is C12H11Cl2N3O. The molecule has 2 aromatic rings. The van der Waals surface area contributed by atoms with Gasteiger partial charge in [-0.05, 0) is 25.1 Å². The van der Waals surface area contributed by atoms with E-state index >= 15 is 0 Å². The molecule has 0 bridgehead atoms. The minimum Gasteiger partial charge on any atom is -0.319 e. The Labute approximate surface area is 115 Å². The number of rotatable bonds is 2. The molecule has 2 rings (SSSR count). The molecule has 1 aromatic heterocycles. The Balaban J connectivity index is 2.25. The Bertz CT molecular complexity index is 607. The molecule has 0 radical (unpaired) electrons. The van der Waals surface area contributed by atoms with Crippen molar-refractivity contribution in [2.24, 2.45) is 7.05 Å². The molecule has 0 unspecified atom stereocenters. The molecule has 0 saturated heterocycles. The molecule has 1 amide bonds. The van der Waals surface area contributed by atoms with Crippen molar-refractivity contribution in [3.63, 3.8) is 0 Å². The van der Waals surface area contributed by atoms with E-state index in [0.29, 0.717) is 21.3 Å². The van der Waals surface area contributed by atoms with Gasteiger partial charge in [-0.15, -0.1) is 0 Å². The molecule has 1 heterocycles. The zero-order valence-electron chi connectivity index (χ0n) is 9.87. The van der Waals surface area contributed by atoms with E-state index in [1.807, 2.05) is 6.92 Å². The van der Waals surface area contributed by atoms with Crippen LogP contribution >= 0.6 is 23.2 Å². The molecule has 1 N–H and O–H groups in total. The highest BCUT2D eigenvalue weighted by molar-refractivity contribution is 6.37. The van der Waals surface area contributed by atoms with Crippen LogP contribution in [-0.4, -0.2) is 15.7 Å². The number of nitrogens with zero attached hydrogens (tertiary/aromatic N) is 2. The van der Waals surface area contributed by atoms with Crippen molar-refractivity contribution < 1.29 is 4.79 Å². The number of aryl methyl sites for hydroxylation is 1. The molecule has 1 aromatic carbocycles. The lowest BCUT2D eigenvalue weighted by Gasteiger charge is -2.06. The maximum atomic E-state index is 12.0. The summed E-state index contributed by atoms with van der Waals surface area (Å²) in [5.74, 6) is -0.284. The first-order valence-electron chi connectivity index (χ1n) is 5.24. The van der Waals surface area contributed by atoms with Gasteiger partial charge < -0.3 is 5.32 Å². The van der Waals surface area contributed by atoms with Gasteiger partial charge in [0.2, 0.25) is 0 Å². The van der Waals surface area contributed by atoms with Crippen LogP contribution in [0, 0.1) is 6.92 Å². The van der Waals surface area contributed by atoms with Crippen molar-refractivity contribution in [2.75, 3.05) is 5.32 Å². The van der Waals surface area contributed by atoms with Gasteiger partial charge in [0.15, 0.2) is 0 Å². The Kier molecular flexibility index (Phi) is 3.59. The molecule has 6 heteroatoms. The fourth-order valence-corrected chi connectivity index (χ4v) is 1.98. The molecular weight excluding hydrogens is 273 g/mol. The molecule has 0 atom stereocenters. The zero-order chi connectivity index (χ0) is 13.3. The molecule has 0 aliphatic rings. The van der Waals surface area contributed by atoms with Gasteiger partial charge in [-0.3, -0.25) is 9.48 Å². The van der Waals surface area contributed by atoms with E-state index in [4.69, 9.17) is 23.2 Å². The molecule has 94 valence electrons. The van der Waals surface area contributed by atoms with Crippen molar-refractivity contribution in [1.82, 2.24) is 9.78 Å². The standard InChI is InChI=1S/C12H11Cl2N3O/c1-7-11(6-15-17(7)2)16-12(18)9-4-3-8(13)5-10(9)14/h3-6H,1-2H3,(H,16,18). The van der Waals surface area contributed by atoms with Gasteiger partial charge >= 0.3 is 0 Å². The summed E-state index contributed by atoms with van der Waals surface area (Å²) >= 11 is 11.8. The van der Waals surface area contributed by atoms with Gasteiger partial charge in [0.25, 0.3) is 5.91 Å². The summed E-state index contributed by atoms with van der Waals surface area (Å²) < 4.78 is 1.68. The van der Waals surface area contributed by atoms with Crippen LogP contribution in [-0.2, 0) is 7.05 Å². The molecule has 0 aliphatic heterocycles. The maximum absolute atomic E-state index is 12.0. The number of carbonyl (C=O) groups excluding carboxylic acids is 1. The van der Waals surface area contributed by atoms with Crippen LogP contribution in [0.25, 0.3) is 0 Å². The van der Waals surface area contributed by atoms with Gasteiger partial charge in [0, 0.05) is 12.1 Å². The van der Waals surface area contributed by atoms with Gasteiger partial charge in [-0.2, -0.15) is 5.10 Å². The van der Waals surface area contributed by atoms with Gasteiger partial charge in [-0.1, -0.05) is 23.2 Å². The summed E-state index contributed by atoms with van der Waals surface area (Å²) in [7, 11) is 1.81. The number of nitrogens with one attached hydrogen (secondary N) is 1. The number of aromatic nitrogens is 2. The number of halogens is 2. The quantitative estimate of drug-likeness (QED) is 0.919. The predicted octanol–water partition coefficient (Wildman–Crippen LogP) is 3.29. The number of hydrogen-bond acceptors (Lipinski definition) is 2. The predicted molar refractivity (Wildman–Crippen MR) is 72.4 cm³/mol. The summed E-state index contributed by atoms with van der Waals surface area (Å²) in [5.41, 5.74) is 1.91. The third-order valence-electron chi connectivity index (χ3n) is 2.66.